The van der Waals surface area contributed by atoms with Crippen LogP contribution in [0.15, 0.2) is 71.3 Å². The zero-order valence-electron chi connectivity index (χ0n) is 18.8. The second-order valence-corrected chi connectivity index (χ2v) is 8.86. The van der Waals surface area contributed by atoms with E-state index in [1.807, 2.05) is 50.2 Å². The number of rotatable bonds is 9. The van der Waals surface area contributed by atoms with Gasteiger partial charge in [0.05, 0.1) is 6.26 Å². The Labute approximate surface area is 201 Å². The summed E-state index contributed by atoms with van der Waals surface area (Å²) >= 11 is 1.16. The Balaban J connectivity index is 1.32. The van der Waals surface area contributed by atoms with Gasteiger partial charge in [0.1, 0.15) is 18.1 Å². The molecule has 4 aromatic rings. The van der Waals surface area contributed by atoms with E-state index in [9.17, 15) is 9.59 Å². The number of benzene rings is 2. The fourth-order valence-corrected chi connectivity index (χ4v) is 3.84. The van der Waals surface area contributed by atoms with Gasteiger partial charge >= 0.3 is 0 Å². The molecule has 2 heterocycles. The van der Waals surface area contributed by atoms with E-state index in [0.29, 0.717) is 22.7 Å². The third-order valence-corrected chi connectivity index (χ3v) is 5.79. The van der Waals surface area contributed by atoms with Gasteiger partial charge in [-0.1, -0.05) is 35.1 Å². The van der Waals surface area contributed by atoms with Crippen molar-refractivity contribution in [1.82, 2.24) is 15.5 Å². The van der Waals surface area contributed by atoms with Crippen LogP contribution in [0, 0.1) is 6.92 Å². The lowest BCUT2D eigenvalue weighted by atomic mass is 10.1. The van der Waals surface area contributed by atoms with Crippen molar-refractivity contribution in [3.63, 3.8) is 0 Å². The van der Waals surface area contributed by atoms with Crippen LogP contribution in [-0.4, -0.2) is 28.1 Å². The first kappa shape index (κ1) is 23.2. The van der Waals surface area contributed by atoms with Crippen molar-refractivity contribution < 1.29 is 18.7 Å². The summed E-state index contributed by atoms with van der Waals surface area (Å²) in [5.74, 6) is 0.888. The Morgan fingerprint density at radius 1 is 1.06 bits per heavy atom. The monoisotopic (exact) mass is 476 g/mol. The zero-order valence-corrected chi connectivity index (χ0v) is 19.6. The van der Waals surface area contributed by atoms with Gasteiger partial charge in [-0.15, -0.1) is 10.2 Å². The van der Waals surface area contributed by atoms with E-state index in [2.05, 4.69) is 20.8 Å². The highest BCUT2D eigenvalue weighted by Gasteiger charge is 2.16. The minimum Gasteiger partial charge on any atom is -0.486 e. The maximum atomic E-state index is 12.6. The van der Waals surface area contributed by atoms with Gasteiger partial charge in [-0.2, -0.15) is 0 Å². The van der Waals surface area contributed by atoms with Crippen molar-refractivity contribution in [2.45, 2.75) is 32.9 Å². The molecule has 9 heteroatoms. The van der Waals surface area contributed by atoms with Crippen LogP contribution in [0.4, 0.5) is 5.69 Å². The molecule has 2 N–H and O–H groups in total. The number of nitrogens with zero attached hydrogens (tertiary/aromatic N) is 2. The topological polar surface area (TPSA) is 106 Å². The molecule has 0 spiro atoms. The van der Waals surface area contributed by atoms with Crippen molar-refractivity contribution in [1.29, 1.82) is 0 Å². The highest BCUT2D eigenvalue weighted by molar-refractivity contribution is 7.13. The summed E-state index contributed by atoms with van der Waals surface area (Å²) in [4.78, 5) is 25.2. The SMILES string of the molecule is Cc1ccc(OCc2nnc(C(=O)Nc3cccc(C(=O)N[C@@H](C)Cc4ccco4)c3)s2)cc1. The van der Waals surface area contributed by atoms with E-state index in [0.717, 1.165) is 28.4 Å². The molecule has 2 aromatic heterocycles. The maximum Gasteiger partial charge on any atom is 0.286 e. The van der Waals surface area contributed by atoms with Gasteiger partial charge in [0.2, 0.25) is 5.01 Å². The number of aryl methyl sites for hydroxylation is 1. The molecular weight excluding hydrogens is 452 g/mol. The predicted octanol–water partition coefficient (Wildman–Crippen LogP) is 4.63. The molecule has 0 bridgehead atoms. The first-order chi connectivity index (χ1) is 16.5. The molecule has 0 aliphatic heterocycles. The molecule has 0 fully saturated rings. The molecule has 0 radical (unpaired) electrons. The average Bonchev–Trinajstić information content (AvgIpc) is 3.51. The summed E-state index contributed by atoms with van der Waals surface area (Å²) in [6.07, 6.45) is 2.19. The maximum absolute atomic E-state index is 12.6. The Bertz CT molecular complexity index is 1250. The fraction of sp³-hybridized carbons (Fsp3) is 0.200. The molecule has 8 nitrogen and oxygen atoms in total. The van der Waals surface area contributed by atoms with Crippen LogP contribution in [-0.2, 0) is 13.0 Å². The van der Waals surface area contributed by atoms with E-state index in [1.54, 1.807) is 30.5 Å². The lowest BCUT2D eigenvalue weighted by Crippen LogP contribution is -2.34. The van der Waals surface area contributed by atoms with Crippen molar-refractivity contribution in [2.75, 3.05) is 5.32 Å². The number of furan rings is 1. The Morgan fingerprint density at radius 3 is 2.65 bits per heavy atom. The molecule has 1 atom stereocenters. The Morgan fingerprint density at radius 2 is 1.88 bits per heavy atom. The van der Waals surface area contributed by atoms with Crippen LogP contribution in [0.25, 0.3) is 0 Å². The molecule has 2 aromatic carbocycles. The number of amides is 2. The number of nitrogens with one attached hydrogen (secondary N) is 2. The summed E-state index contributed by atoms with van der Waals surface area (Å²) in [5.41, 5.74) is 2.07. The third-order valence-electron chi connectivity index (χ3n) is 4.89. The van der Waals surface area contributed by atoms with Crippen molar-refractivity contribution in [3.05, 3.63) is 93.8 Å². The number of carbonyl (C=O) groups excluding carboxylic acids is 2. The summed E-state index contributed by atoms with van der Waals surface area (Å²) in [6.45, 7) is 4.13. The van der Waals surface area contributed by atoms with Gasteiger partial charge in [-0.25, -0.2) is 0 Å². The quantitative estimate of drug-likeness (QED) is 0.365. The molecule has 0 saturated carbocycles. The van der Waals surface area contributed by atoms with Crippen molar-refractivity contribution in [3.8, 4) is 5.75 Å². The minimum atomic E-state index is -0.400. The van der Waals surface area contributed by atoms with Crippen molar-refractivity contribution in [2.24, 2.45) is 0 Å². The third kappa shape index (κ3) is 6.29. The number of ether oxygens (including phenoxy) is 1. The van der Waals surface area contributed by atoms with Gasteiger partial charge in [-0.05, 0) is 56.3 Å². The number of aromatic nitrogens is 2. The van der Waals surface area contributed by atoms with Gasteiger partial charge in [0.25, 0.3) is 11.8 Å². The van der Waals surface area contributed by atoms with E-state index in [1.165, 1.54) is 0 Å². The molecule has 174 valence electrons. The lowest BCUT2D eigenvalue weighted by Gasteiger charge is -2.13. The molecule has 0 unspecified atom stereocenters. The average molecular weight is 477 g/mol. The molecule has 0 aliphatic carbocycles. The molecule has 4 rings (SSSR count). The molecule has 2 amide bonds. The molecule has 0 saturated heterocycles. The first-order valence-electron chi connectivity index (χ1n) is 10.7. The van der Waals surface area contributed by atoms with Crippen LogP contribution in [0.1, 0.15) is 43.4 Å². The van der Waals surface area contributed by atoms with Crippen LogP contribution < -0.4 is 15.4 Å². The second-order valence-electron chi connectivity index (χ2n) is 7.80. The summed E-state index contributed by atoms with van der Waals surface area (Å²) in [7, 11) is 0. The van der Waals surface area contributed by atoms with E-state index in [-0.39, 0.29) is 23.6 Å². The summed E-state index contributed by atoms with van der Waals surface area (Å²) in [6, 6.07) is 18.0. The van der Waals surface area contributed by atoms with Crippen LogP contribution in [0.2, 0.25) is 0 Å². The standard InChI is InChI=1S/C25H24N4O4S/c1-16-8-10-20(11-9-16)33-15-22-28-29-25(34-22)24(31)27-19-6-3-5-18(14-19)23(30)26-17(2)13-21-7-4-12-32-21/h3-12,14,17H,13,15H2,1-2H3,(H,26,30)(H,27,31)/t17-/m0/s1. The number of carbonyl (C=O) groups is 2. The molecular formula is C25H24N4O4S. The van der Waals surface area contributed by atoms with Gasteiger partial charge in [0, 0.05) is 23.7 Å². The van der Waals surface area contributed by atoms with E-state index < -0.39 is 5.91 Å². The van der Waals surface area contributed by atoms with E-state index in [4.69, 9.17) is 9.15 Å². The van der Waals surface area contributed by atoms with Gasteiger partial charge < -0.3 is 19.8 Å². The lowest BCUT2D eigenvalue weighted by molar-refractivity contribution is 0.0938. The van der Waals surface area contributed by atoms with Gasteiger partial charge in [0.15, 0.2) is 5.01 Å². The minimum absolute atomic E-state index is 0.112. The zero-order chi connectivity index (χ0) is 23.9. The van der Waals surface area contributed by atoms with Crippen LogP contribution in [0.5, 0.6) is 5.75 Å². The second kappa shape index (κ2) is 10.8. The number of anilines is 1. The van der Waals surface area contributed by atoms with Crippen LogP contribution >= 0.6 is 11.3 Å². The first-order valence-corrected chi connectivity index (χ1v) is 11.5. The van der Waals surface area contributed by atoms with Gasteiger partial charge in [-0.3, -0.25) is 9.59 Å². The molecule has 0 aliphatic rings. The largest absolute Gasteiger partial charge is 0.486 e. The fourth-order valence-electron chi connectivity index (χ4n) is 3.19. The summed E-state index contributed by atoms with van der Waals surface area (Å²) in [5, 5.41) is 14.5. The van der Waals surface area contributed by atoms with Crippen LogP contribution in [0.3, 0.4) is 0 Å². The molecule has 34 heavy (non-hydrogen) atoms. The highest BCUT2D eigenvalue weighted by Crippen LogP contribution is 2.18. The predicted molar refractivity (Wildman–Crippen MR) is 129 cm³/mol. The van der Waals surface area contributed by atoms with Crippen molar-refractivity contribution >= 4 is 28.8 Å². The Kier molecular flexibility index (Phi) is 7.34. The normalized spacial score (nSPS) is 11.6. The Hall–Kier alpha value is -3.98. The van der Waals surface area contributed by atoms with E-state index >= 15 is 0 Å². The smallest absolute Gasteiger partial charge is 0.286 e. The highest BCUT2D eigenvalue weighted by atomic mass is 32.1. The summed E-state index contributed by atoms with van der Waals surface area (Å²) < 4.78 is 11.0. The number of hydrogen-bond acceptors (Lipinski definition) is 7. The number of hydrogen-bond donors (Lipinski definition) is 2.